The van der Waals surface area contributed by atoms with Crippen LogP contribution in [0.15, 0.2) is 12.1 Å². The van der Waals surface area contributed by atoms with Gasteiger partial charge in [-0.15, -0.1) is 0 Å². The molecular formula is C14H23N5O2. The van der Waals surface area contributed by atoms with Crippen molar-refractivity contribution < 1.29 is 9.53 Å². The number of aryl methyl sites for hydroxylation is 1. The number of rotatable bonds is 6. The third-order valence-electron chi connectivity index (χ3n) is 3.40. The predicted octanol–water partition coefficient (Wildman–Crippen LogP) is 0.128. The van der Waals surface area contributed by atoms with Crippen LogP contribution in [0.2, 0.25) is 0 Å². The van der Waals surface area contributed by atoms with Gasteiger partial charge in [-0.3, -0.25) is 9.69 Å². The van der Waals surface area contributed by atoms with Gasteiger partial charge in [0.05, 0.1) is 13.2 Å². The number of carbonyl (C=O) groups is 1. The van der Waals surface area contributed by atoms with E-state index in [1.165, 1.54) is 0 Å². The van der Waals surface area contributed by atoms with Gasteiger partial charge in [-0.05, 0) is 32.0 Å². The Balaban J connectivity index is 1.75. The van der Waals surface area contributed by atoms with Crippen LogP contribution in [-0.4, -0.2) is 55.2 Å². The maximum absolute atomic E-state index is 12.1. The molecule has 0 aromatic carbocycles. The first-order valence-electron chi connectivity index (χ1n) is 7.22. The number of hydrogen-bond donors (Lipinski definition) is 3. The van der Waals surface area contributed by atoms with Gasteiger partial charge in [0.1, 0.15) is 5.82 Å². The number of hydrogen-bond acceptors (Lipinski definition) is 6. The Morgan fingerprint density at radius 2 is 2.19 bits per heavy atom. The van der Waals surface area contributed by atoms with E-state index in [4.69, 9.17) is 10.6 Å². The van der Waals surface area contributed by atoms with Crippen molar-refractivity contribution in [1.29, 1.82) is 0 Å². The number of anilines is 1. The fourth-order valence-electron chi connectivity index (χ4n) is 2.31. The second-order valence-corrected chi connectivity index (χ2v) is 5.09. The minimum absolute atomic E-state index is 0.0982. The van der Waals surface area contributed by atoms with Crippen LogP contribution in [0.25, 0.3) is 0 Å². The molecule has 0 saturated carbocycles. The molecule has 7 nitrogen and oxygen atoms in total. The summed E-state index contributed by atoms with van der Waals surface area (Å²) in [6.45, 7) is 7.02. The molecule has 1 fully saturated rings. The van der Waals surface area contributed by atoms with Gasteiger partial charge in [-0.25, -0.2) is 10.8 Å². The van der Waals surface area contributed by atoms with Gasteiger partial charge in [0.2, 0.25) is 0 Å². The lowest BCUT2D eigenvalue weighted by molar-refractivity contribution is 0.0374. The molecule has 0 atom stereocenters. The molecule has 1 aromatic heterocycles. The van der Waals surface area contributed by atoms with Crippen molar-refractivity contribution >= 4 is 11.7 Å². The van der Waals surface area contributed by atoms with Crippen LogP contribution in [0.5, 0.6) is 0 Å². The summed E-state index contributed by atoms with van der Waals surface area (Å²) in [4.78, 5) is 18.6. The molecule has 7 heteroatoms. The van der Waals surface area contributed by atoms with E-state index >= 15 is 0 Å². The Hall–Kier alpha value is -1.70. The number of amides is 1. The maximum Gasteiger partial charge on any atom is 0.251 e. The minimum atomic E-state index is -0.0982. The number of ether oxygens (including phenoxy) is 1. The zero-order valence-corrected chi connectivity index (χ0v) is 12.4. The number of aromatic nitrogens is 1. The monoisotopic (exact) mass is 293 g/mol. The summed E-state index contributed by atoms with van der Waals surface area (Å²) >= 11 is 0. The number of nitrogens with one attached hydrogen (secondary N) is 2. The fraction of sp³-hybridized carbons (Fsp3) is 0.571. The molecule has 116 valence electrons. The molecule has 4 N–H and O–H groups in total. The first-order valence-corrected chi connectivity index (χ1v) is 7.22. The topological polar surface area (TPSA) is 92.5 Å². The number of nitrogens with zero attached hydrogens (tertiary/aromatic N) is 2. The number of pyridine rings is 1. The number of nitrogens with two attached hydrogens (primary N) is 1. The predicted molar refractivity (Wildman–Crippen MR) is 81.0 cm³/mol. The van der Waals surface area contributed by atoms with Gasteiger partial charge in [0, 0.05) is 30.9 Å². The summed E-state index contributed by atoms with van der Waals surface area (Å²) in [7, 11) is 0. The summed E-state index contributed by atoms with van der Waals surface area (Å²) in [5, 5.41) is 2.92. The van der Waals surface area contributed by atoms with Gasteiger partial charge in [-0.1, -0.05) is 0 Å². The van der Waals surface area contributed by atoms with E-state index in [1.54, 1.807) is 12.1 Å². The van der Waals surface area contributed by atoms with Crippen molar-refractivity contribution in [3.63, 3.8) is 0 Å². The van der Waals surface area contributed by atoms with E-state index in [2.05, 4.69) is 20.6 Å². The molecule has 2 rings (SSSR count). The molecule has 2 heterocycles. The average molecular weight is 293 g/mol. The Bertz CT molecular complexity index is 474. The van der Waals surface area contributed by atoms with E-state index in [0.717, 1.165) is 45.0 Å². The molecular weight excluding hydrogens is 270 g/mol. The molecule has 0 radical (unpaired) electrons. The molecule has 0 unspecified atom stereocenters. The first-order chi connectivity index (χ1) is 10.2. The number of hydrazine groups is 1. The van der Waals surface area contributed by atoms with Crippen LogP contribution in [0.1, 0.15) is 22.5 Å². The number of nitrogen functional groups attached to an aromatic ring is 1. The third-order valence-corrected chi connectivity index (χ3v) is 3.40. The highest BCUT2D eigenvalue weighted by Gasteiger charge is 2.11. The van der Waals surface area contributed by atoms with Crippen LogP contribution in [0.3, 0.4) is 0 Å². The van der Waals surface area contributed by atoms with Gasteiger partial charge < -0.3 is 15.5 Å². The second-order valence-electron chi connectivity index (χ2n) is 5.09. The van der Waals surface area contributed by atoms with Crippen LogP contribution < -0.4 is 16.6 Å². The van der Waals surface area contributed by atoms with E-state index in [9.17, 15) is 4.79 Å². The summed E-state index contributed by atoms with van der Waals surface area (Å²) in [5.41, 5.74) is 3.79. The highest BCUT2D eigenvalue weighted by atomic mass is 16.5. The molecule has 1 aliphatic heterocycles. The zero-order valence-electron chi connectivity index (χ0n) is 12.4. The quantitative estimate of drug-likeness (QED) is 0.392. The van der Waals surface area contributed by atoms with Crippen molar-refractivity contribution in [3.05, 3.63) is 23.4 Å². The molecule has 1 amide bonds. The lowest BCUT2D eigenvalue weighted by atomic mass is 10.2. The second kappa shape index (κ2) is 7.92. The van der Waals surface area contributed by atoms with Crippen molar-refractivity contribution in [2.75, 3.05) is 44.8 Å². The van der Waals surface area contributed by atoms with Crippen LogP contribution in [0.4, 0.5) is 5.82 Å². The SMILES string of the molecule is Cc1cc(C(=O)NCCCN2CCOCC2)cc(NN)n1. The van der Waals surface area contributed by atoms with Crippen molar-refractivity contribution in [3.8, 4) is 0 Å². The molecule has 1 saturated heterocycles. The van der Waals surface area contributed by atoms with Gasteiger partial charge in [0.25, 0.3) is 5.91 Å². The molecule has 0 bridgehead atoms. The Labute approximate surface area is 124 Å². The molecule has 0 spiro atoms. The van der Waals surface area contributed by atoms with E-state index in [-0.39, 0.29) is 5.91 Å². The van der Waals surface area contributed by atoms with Crippen molar-refractivity contribution in [2.45, 2.75) is 13.3 Å². The Morgan fingerprint density at radius 1 is 1.43 bits per heavy atom. The van der Waals surface area contributed by atoms with Gasteiger partial charge >= 0.3 is 0 Å². The average Bonchev–Trinajstić information content (AvgIpc) is 2.51. The summed E-state index contributed by atoms with van der Waals surface area (Å²) < 4.78 is 5.30. The molecule has 0 aliphatic carbocycles. The maximum atomic E-state index is 12.1. The lowest BCUT2D eigenvalue weighted by Gasteiger charge is -2.26. The fourth-order valence-corrected chi connectivity index (χ4v) is 2.31. The highest BCUT2D eigenvalue weighted by molar-refractivity contribution is 5.94. The molecule has 1 aliphatic rings. The van der Waals surface area contributed by atoms with Crippen LogP contribution >= 0.6 is 0 Å². The normalized spacial score (nSPS) is 15.7. The number of morpholine rings is 1. The smallest absolute Gasteiger partial charge is 0.251 e. The Morgan fingerprint density at radius 3 is 2.90 bits per heavy atom. The summed E-state index contributed by atoms with van der Waals surface area (Å²) in [6, 6.07) is 3.39. The standard InChI is InChI=1S/C14H23N5O2/c1-11-9-12(10-13(17-11)18-15)14(20)16-3-2-4-19-5-7-21-8-6-19/h9-10H,2-8,15H2,1H3,(H,16,20)(H,17,18). The summed E-state index contributed by atoms with van der Waals surface area (Å²) in [6.07, 6.45) is 0.928. The molecule has 21 heavy (non-hydrogen) atoms. The minimum Gasteiger partial charge on any atom is -0.379 e. The first kappa shape index (κ1) is 15.7. The lowest BCUT2D eigenvalue weighted by Crippen LogP contribution is -2.38. The van der Waals surface area contributed by atoms with Crippen molar-refractivity contribution in [1.82, 2.24) is 15.2 Å². The zero-order chi connectivity index (χ0) is 15.1. The highest BCUT2D eigenvalue weighted by Crippen LogP contribution is 2.09. The molecule has 1 aromatic rings. The largest absolute Gasteiger partial charge is 0.379 e. The van der Waals surface area contributed by atoms with Gasteiger partial charge in [-0.2, -0.15) is 0 Å². The Kier molecular flexibility index (Phi) is 5.91. The van der Waals surface area contributed by atoms with E-state index in [0.29, 0.717) is 17.9 Å². The van der Waals surface area contributed by atoms with Crippen LogP contribution in [-0.2, 0) is 4.74 Å². The van der Waals surface area contributed by atoms with Crippen molar-refractivity contribution in [2.24, 2.45) is 5.84 Å². The number of carbonyl (C=O) groups excluding carboxylic acids is 1. The van der Waals surface area contributed by atoms with E-state index < -0.39 is 0 Å². The summed E-state index contributed by atoms with van der Waals surface area (Å²) in [5.74, 6) is 5.73. The van der Waals surface area contributed by atoms with Crippen LogP contribution in [0, 0.1) is 6.92 Å². The van der Waals surface area contributed by atoms with Gasteiger partial charge in [0.15, 0.2) is 0 Å². The van der Waals surface area contributed by atoms with E-state index in [1.807, 2.05) is 6.92 Å². The third kappa shape index (κ3) is 4.96.